The topological polar surface area (TPSA) is 145 Å². The molecule has 4 rings (SSSR count). The number of benzene rings is 1. The number of nitrogens with zero attached hydrogens (tertiary/aromatic N) is 5. The zero-order valence-electron chi connectivity index (χ0n) is 22.6. The fourth-order valence-electron chi connectivity index (χ4n) is 5.34. The summed E-state index contributed by atoms with van der Waals surface area (Å²) in [5.41, 5.74) is 10.1. The largest absolute Gasteiger partial charge is 0.444 e. The maximum atomic E-state index is 13.1. The molecule has 0 radical (unpaired) electrons. The molecule has 11 nitrogen and oxygen atoms in total. The van der Waals surface area contributed by atoms with Gasteiger partial charge in [0.25, 0.3) is 5.91 Å². The van der Waals surface area contributed by atoms with Crippen molar-refractivity contribution in [3.05, 3.63) is 45.3 Å². The quantitative estimate of drug-likeness (QED) is 0.199. The molecule has 0 spiro atoms. The number of ether oxygens (including phenoxy) is 1. The zero-order valence-corrected chi connectivity index (χ0v) is 22.6. The minimum Gasteiger partial charge on any atom is -0.444 e. The van der Waals surface area contributed by atoms with Gasteiger partial charge in [0.2, 0.25) is 11.8 Å². The highest BCUT2D eigenvalue weighted by Gasteiger charge is 2.39. The maximum absolute atomic E-state index is 13.1. The van der Waals surface area contributed by atoms with E-state index in [0.717, 1.165) is 18.4 Å². The summed E-state index contributed by atoms with van der Waals surface area (Å²) in [7, 11) is 0. The molecule has 0 bridgehead atoms. The molecule has 1 N–H and O–H groups in total. The fraction of sp³-hybridized carbons (Fsp3) is 0.571. The third-order valence-corrected chi connectivity index (χ3v) is 7.23. The number of fused-ring (bicyclic) bond motifs is 1. The third-order valence-electron chi connectivity index (χ3n) is 7.23. The first-order chi connectivity index (χ1) is 18.6. The molecule has 11 heteroatoms. The first kappa shape index (κ1) is 28.0. The number of azide groups is 1. The molecule has 1 atom stereocenters. The number of carbonyl (C=O) groups is 4. The average Bonchev–Trinajstić information content (AvgIpc) is 3.20. The van der Waals surface area contributed by atoms with Crippen molar-refractivity contribution >= 4 is 23.8 Å². The van der Waals surface area contributed by atoms with Crippen LogP contribution >= 0.6 is 0 Å². The Morgan fingerprint density at radius 1 is 1.21 bits per heavy atom. The zero-order chi connectivity index (χ0) is 28.2. The van der Waals surface area contributed by atoms with Crippen molar-refractivity contribution in [3.63, 3.8) is 0 Å². The number of hydrogen-bond acceptors (Lipinski definition) is 6. The highest BCUT2D eigenvalue weighted by atomic mass is 16.6. The Bertz CT molecular complexity index is 1260. The monoisotopic (exact) mass is 534 g/mol. The van der Waals surface area contributed by atoms with Crippen LogP contribution in [0.2, 0.25) is 0 Å². The molecular formula is C28H34N6O5. The lowest BCUT2D eigenvalue weighted by Crippen LogP contribution is -2.52. The molecule has 4 amide bonds. The first-order valence-electron chi connectivity index (χ1n) is 13.4. The van der Waals surface area contributed by atoms with E-state index < -0.39 is 17.6 Å². The Balaban J connectivity index is 1.45. The van der Waals surface area contributed by atoms with Crippen LogP contribution in [0, 0.1) is 11.8 Å². The van der Waals surface area contributed by atoms with Gasteiger partial charge in [-0.15, -0.1) is 0 Å². The van der Waals surface area contributed by atoms with E-state index in [1.807, 2.05) is 26.8 Å². The number of piperidine rings is 1. The second kappa shape index (κ2) is 11.8. The number of carbonyl (C=O) groups excluding carboxylic acids is 4. The van der Waals surface area contributed by atoms with Crippen LogP contribution < -0.4 is 5.32 Å². The first-order valence-corrected chi connectivity index (χ1v) is 13.4. The van der Waals surface area contributed by atoms with Gasteiger partial charge in [0, 0.05) is 54.1 Å². The van der Waals surface area contributed by atoms with E-state index >= 15 is 0 Å². The van der Waals surface area contributed by atoms with Crippen LogP contribution in [0.5, 0.6) is 0 Å². The lowest BCUT2D eigenvalue weighted by molar-refractivity contribution is -0.136. The Morgan fingerprint density at radius 2 is 1.95 bits per heavy atom. The standard InChI is InChI=1S/C28H34N6O5/c1-28(2,3)39-27(38)33(20-12-10-19(11-13-20)31-32-29)16-5-4-7-18-8-6-9-21-22(18)17-34(26(21)37)23-14-15-24(35)30-25(23)36/h6,8-9,19-20,23H,5,10-17H2,1-3H3,(H,30,35,36)/t19-,20-,23?. The predicted molar refractivity (Wildman–Crippen MR) is 142 cm³/mol. The molecular weight excluding hydrogens is 500 g/mol. The normalized spacial score (nSPS) is 22.7. The predicted octanol–water partition coefficient (Wildman–Crippen LogP) is 4.05. The summed E-state index contributed by atoms with van der Waals surface area (Å²) < 4.78 is 5.66. The molecule has 206 valence electrons. The number of nitrogens with one attached hydrogen (secondary N) is 1. The number of amides is 4. The van der Waals surface area contributed by atoms with E-state index in [1.54, 1.807) is 17.0 Å². The van der Waals surface area contributed by atoms with E-state index in [-0.39, 0.29) is 43.0 Å². The molecule has 1 aliphatic carbocycles. The Kier molecular flexibility index (Phi) is 8.46. The number of hydrogen-bond donors (Lipinski definition) is 1. The highest BCUT2D eigenvalue weighted by molar-refractivity contribution is 6.05. The molecule has 2 aliphatic heterocycles. The van der Waals surface area contributed by atoms with Crippen molar-refractivity contribution in [2.45, 2.75) is 96.0 Å². The molecule has 2 fully saturated rings. The molecule has 0 aromatic heterocycles. The Hall–Kier alpha value is -4.03. The van der Waals surface area contributed by atoms with Crippen LogP contribution in [0.4, 0.5) is 4.79 Å². The van der Waals surface area contributed by atoms with Gasteiger partial charge in [0.05, 0.1) is 0 Å². The van der Waals surface area contributed by atoms with Crippen LogP contribution in [0.1, 0.15) is 87.2 Å². The van der Waals surface area contributed by atoms with Gasteiger partial charge in [-0.05, 0) is 76.1 Å². The van der Waals surface area contributed by atoms with Crippen LogP contribution in [0.25, 0.3) is 10.4 Å². The van der Waals surface area contributed by atoms with Crippen LogP contribution in [0.3, 0.4) is 0 Å². The summed E-state index contributed by atoms with van der Waals surface area (Å²) >= 11 is 0. The minimum atomic E-state index is -0.681. The van der Waals surface area contributed by atoms with Crippen molar-refractivity contribution in [2.75, 3.05) is 6.54 Å². The molecule has 39 heavy (non-hydrogen) atoms. The number of rotatable bonds is 5. The van der Waals surface area contributed by atoms with E-state index in [4.69, 9.17) is 10.3 Å². The van der Waals surface area contributed by atoms with E-state index in [9.17, 15) is 19.2 Å². The number of imide groups is 1. The van der Waals surface area contributed by atoms with Gasteiger partial charge in [-0.2, -0.15) is 0 Å². The molecule has 1 unspecified atom stereocenters. The summed E-state index contributed by atoms with van der Waals surface area (Å²) in [5, 5.41) is 6.14. The molecule has 3 aliphatic rings. The highest BCUT2D eigenvalue weighted by Crippen LogP contribution is 2.30. The van der Waals surface area contributed by atoms with Gasteiger partial charge in [0.15, 0.2) is 0 Å². The average molecular weight is 535 g/mol. The smallest absolute Gasteiger partial charge is 0.410 e. The molecule has 2 heterocycles. The molecule has 1 aromatic carbocycles. The van der Waals surface area contributed by atoms with Gasteiger partial charge in [0.1, 0.15) is 11.6 Å². The third kappa shape index (κ3) is 6.70. The van der Waals surface area contributed by atoms with Crippen LogP contribution in [0.15, 0.2) is 23.3 Å². The second-order valence-corrected chi connectivity index (χ2v) is 11.1. The summed E-state index contributed by atoms with van der Waals surface area (Å²) in [5.74, 6) is 5.30. The second-order valence-electron chi connectivity index (χ2n) is 11.1. The SMILES string of the molecule is CC(C)(C)OC(=O)N(CCC#Cc1cccc2c1CN(C1CCC(=O)NC1=O)C2=O)[C@H]1CC[C@H](N=[N+]=[N-])CC1. The maximum Gasteiger partial charge on any atom is 0.410 e. The van der Waals surface area contributed by atoms with Gasteiger partial charge >= 0.3 is 6.09 Å². The van der Waals surface area contributed by atoms with Gasteiger partial charge in [-0.1, -0.05) is 23.0 Å². The van der Waals surface area contributed by atoms with Crippen molar-refractivity contribution in [2.24, 2.45) is 5.11 Å². The molecule has 1 saturated carbocycles. The van der Waals surface area contributed by atoms with E-state index in [2.05, 4.69) is 27.2 Å². The van der Waals surface area contributed by atoms with Crippen molar-refractivity contribution in [3.8, 4) is 11.8 Å². The summed E-state index contributed by atoms with van der Waals surface area (Å²) in [6, 6.07) is 4.59. The van der Waals surface area contributed by atoms with Crippen LogP contribution in [-0.2, 0) is 20.9 Å². The van der Waals surface area contributed by atoms with E-state index in [1.165, 1.54) is 4.90 Å². The summed E-state index contributed by atoms with van der Waals surface area (Å²) in [4.78, 5) is 56.1. The fourth-order valence-corrected chi connectivity index (χ4v) is 5.34. The van der Waals surface area contributed by atoms with Crippen LogP contribution in [-0.4, -0.2) is 63.9 Å². The Morgan fingerprint density at radius 3 is 2.62 bits per heavy atom. The lowest BCUT2D eigenvalue weighted by Gasteiger charge is -2.36. The minimum absolute atomic E-state index is 0.0209. The van der Waals surface area contributed by atoms with Gasteiger partial charge in [-0.25, -0.2) is 4.79 Å². The van der Waals surface area contributed by atoms with Gasteiger partial charge < -0.3 is 14.5 Å². The van der Waals surface area contributed by atoms with E-state index in [0.29, 0.717) is 43.4 Å². The Labute approximate surface area is 227 Å². The van der Waals surface area contributed by atoms with Crippen molar-refractivity contribution in [1.29, 1.82) is 0 Å². The van der Waals surface area contributed by atoms with Crippen molar-refractivity contribution < 1.29 is 23.9 Å². The lowest BCUT2D eigenvalue weighted by atomic mass is 9.90. The van der Waals surface area contributed by atoms with Crippen molar-refractivity contribution in [1.82, 2.24) is 15.1 Å². The molecule has 1 aromatic rings. The summed E-state index contributed by atoms with van der Waals surface area (Å²) in [6.45, 7) is 6.13. The van der Waals surface area contributed by atoms with Gasteiger partial charge in [-0.3, -0.25) is 19.7 Å². The molecule has 1 saturated heterocycles. The summed E-state index contributed by atoms with van der Waals surface area (Å²) in [6.07, 6.45) is 3.40.